The number of nitrogens with zero attached hydrogens (tertiary/aromatic N) is 1. The van der Waals surface area contributed by atoms with Gasteiger partial charge in [-0.05, 0) is 30.5 Å². The van der Waals surface area contributed by atoms with Crippen molar-refractivity contribution in [1.82, 2.24) is 4.31 Å². The minimum atomic E-state index is -3.62. The van der Waals surface area contributed by atoms with E-state index >= 15 is 0 Å². The molecule has 0 radical (unpaired) electrons. The quantitative estimate of drug-likeness (QED) is 0.807. The monoisotopic (exact) mass is 304 g/mol. The van der Waals surface area contributed by atoms with Gasteiger partial charge < -0.3 is 10.8 Å². The molecule has 106 valence electrons. The summed E-state index contributed by atoms with van der Waals surface area (Å²) in [4.78, 5) is 0.105. The zero-order valence-corrected chi connectivity index (χ0v) is 12.2. The highest BCUT2D eigenvalue weighted by Gasteiger charge is 2.32. The number of β-amino-alcohol motifs (C(OH)–C–C–N with tert-alkyl or cyclic N) is 1. The van der Waals surface area contributed by atoms with Crippen LogP contribution in [0.15, 0.2) is 23.1 Å². The molecule has 0 bridgehead atoms. The molecule has 19 heavy (non-hydrogen) atoms. The highest BCUT2D eigenvalue weighted by atomic mass is 35.5. The maximum atomic E-state index is 12.4. The molecule has 7 heteroatoms. The summed E-state index contributed by atoms with van der Waals surface area (Å²) >= 11 is 5.85. The molecule has 1 fully saturated rings. The number of rotatable bonds is 2. The maximum absolute atomic E-state index is 12.4. The summed E-state index contributed by atoms with van der Waals surface area (Å²) in [6.45, 7) is 2.43. The van der Waals surface area contributed by atoms with Gasteiger partial charge in [0.05, 0.1) is 21.7 Å². The van der Waals surface area contributed by atoms with Crippen LogP contribution in [0.4, 0.5) is 5.69 Å². The molecule has 2 rings (SSSR count). The number of nitrogens with two attached hydrogens (primary N) is 1. The standard InChI is InChI=1S/C12H17ClN2O3S/c1-8-4-5-15(7-12(8)16)19(17,18)9-2-3-11(14)10(13)6-9/h2-3,6,8,12,16H,4-5,7,14H2,1H3. The molecule has 1 aliphatic heterocycles. The Morgan fingerprint density at radius 2 is 2.16 bits per heavy atom. The highest BCUT2D eigenvalue weighted by molar-refractivity contribution is 7.89. The van der Waals surface area contributed by atoms with Crippen LogP contribution in [-0.4, -0.2) is 37.0 Å². The van der Waals surface area contributed by atoms with Crippen molar-refractivity contribution in [1.29, 1.82) is 0 Å². The second-order valence-electron chi connectivity index (χ2n) is 4.88. The fourth-order valence-corrected chi connectivity index (χ4v) is 3.80. The van der Waals surface area contributed by atoms with Gasteiger partial charge in [0.25, 0.3) is 0 Å². The van der Waals surface area contributed by atoms with Gasteiger partial charge in [-0.3, -0.25) is 0 Å². The molecule has 3 N–H and O–H groups in total. The van der Waals surface area contributed by atoms with Crippen molar-refractivity contribution in [3.63, 3.8) is 0 Å². The maximum Gasteiger partial charge on any atom is 0.243 e. The van der Waals surface area contributed by atoms with E-state index in [0.29, 0.717) is 18.7 Å². The van der Waals surface area contributed by atoms with Gasteiger partial charge in [0, 0.05) is 13.1 Å². The first-order valence-electron chi connectivity index (χ1n) is 6.05. The third-order valence-electron chi connectivity index (χ3n) is 3.49. The Kier molecular flexibility index (Phi) is 4.06. The summed E-state index contributed by atoms with van der Waals surface area (Å²) in [7, 11) is -3.62. The number of hydrogen-bond donors (Lipinski definition) is 2. The predicted molar refractivity (Wildman–Crippen MR) is 74.4 cm³/mol. The Bertz CT molecular complexity index is 576. The molecule has 1 aliphatic rings. The minimum absolute atomic E-state index is 0.105. The number of halogens is 1. The van der Waals surface area contributed by atoms with E-state index in [1.807, 2.05) is 6.92 Å². The smallest absolute Gasteiger partial charge is 0.243 e. The number of aliphatic hydroxyl groups is 1. The Balaban J connectivity index is 2.29. The number of piperidine rings is 1. The van der Waals surface area contributed by atoms with Gasteiger partial charge in [-0.2, -0.15) is 4.31 Å². The van der Waals surface area contributed by atoms with Crippen LogP contribution in [0, 0.1) is 5.92 Å². The lowest BCUT2D eigenvalue weighted by Gasteiger charge is -2.33. The van der Waals surface area contributed by atoms with E-state index < -0.39 is 16.1 Å². The van der Waals surface area contributed by atoms with Gasteiger partial charge >= 0.3 is 0 Å². The molecule has 2 unspecified atom stereocenters. The first kappa shape index (κ1) is 14.6. The molecule has 1 aromatic rings. The van der Waals surface area contributed by atoms with E-state index in [2.05, 4.69) is 0 Å². The third kappa shape index (κ3) is 2.86. The van der Waals surface area contributed by atoms with E-state index in [0.717, 1.165) is 0 Å². The molecule has 0 aliphatic carbocycles. The van der Waals surface area contributed by atoms with Crippen molar-refractivity contribution < 1.29 is 13.5 Å². The SMILES string of the molecule is CC1CCN(S(=O)(=O)c2ccc(N)c(Cl)c2)CC1O. The van der Waals surface area contributed by atoms with Crippen LogP contribution in [0.1, 0.15) is 13.3 Å². The Morgan fingerprint density at radius 1 is 1.47 bits per heavy atom. The van der Waals surface area contributed by atoms with Crippen molar-refractivity contribution >= 4 is 27.3 Å². The van der Waals surface area contributed by atoms with Crippen LogP contribution in [0.2, 0.25) is 5.02 Å². The van der Waals surface area contributed by atoms with Crippen LogP contribution >= 0.6 is 11.6 Å². The van der Waals surface area contributed by atoms with Crippen LogP contribution in [-0.2, 0) is 10.0 Å². The normalized spacial score (nSPS) is 25.4. The Morgan fingerprint density at radius 3 is 2.74 bits per heavy atom. The molecular weight excluding hydrogens is 288 g/mol. The number of sulfonamides is 1. The second kappa shape index (κ2) is 5.28. The van der Waals surface area contributed by atoms with Gasteiger partial charge in [0.15, 0.2) is 0 Å². The summed E-state index contributed by atoms with van der Waals surface area (Å²) < 4.78 is 26.1. The van der Waals surface area contributed by atoms with E-state index in [9.17, 15) is 13.5 Å². The van der Waals surface area contributed by atoms with Crippen molar-refractivity contribution in [2.75, 3.05) is 18.8 Å². The fourth-order valence-electron chi connectivity index (χ4n) is 2.06. The summed E-state index contributed by atoms with van der Waals surface area (Å²) in [5.74, 6) is 0.112. The first-order valence-corrected chi connectivity index (χ1v) is 7.87. The summed E-state index contributed by atoms with van der Waals surface area (Å²) in [5, 5.41) is 10.0. The van der Waals surface area contributed by atoms with E-state index in [1.54, 1.807) is 0 Å². The number of nitrogen functional groups attached to an aromatic ring is 1. The predicted octanol–water partition coefficient (Wildman–Crippen LogP) is 1.31. The zero-order valence-electron chi connectivity index (χ0n) is 10.6. The third-order valence-corrected chi connectivity index (χ3v) is 5.68. The number of anilines is 1. The van der Waals surface area contributed by atoms with Crippen LogP contribution < -0.4 is 5.73 Å². The molecule has 0 spiro atoms. The zero-order chi connectivity index (χ0) is 14.2. The Hall–Kier alpha value is -0.820. The van der Waals surface area contributed by atoms with E-state index in [1.165, 1.54) is 22.5 Å². The summed E-state index contributed by atoms with van der Waals surface area (Å²) in [5.41, 5.74) is 5.91. The lowest BCUT2D eigenvalue weighted by Crippen LogP contribution is -2.45. The molecule has 0 saturated carbocycles. The molecule has 1 heterocycles. The van der Waals surface area contributed by atoms with Gasteiger partial charge in [-0.1, -0.05) is 18.5 Å². The van der Waals surface area contributed by atoms with Crippen molar-refractivity contribution in [2.24, 2.45) is 5.92 Å². The molecule has 0 aromatic heterocycles. The van der Waals surface area contributed by atoms with Crippen LogP contribution in [0.25, 0.3) is 0 Å². The molecular formula is C12H17ClN2O3S. The van der Waals surface area contributed by atoms with Crippen molar-refractivity contribution in [3.8, 4) is 0 Å². The van der Waals surface area contributed by atoms with Crippen LogP contribution in [0.5, 0.6) is 0 Å². The molecule has 0 amide bonds. The topological polar surface area (TPSA) is 83.6 Å². The Labute approximate surface area is 118 Å². The van der Waals surface area contributed by atoms with Gasteiger partial charge in [-0.15, -0.1) is 0 Å². The van der Waals surface area contributed by atoms with Gasteiger partial charge in [0.1, 0.15) is 0 Å². The van der Waals surface area contributed by atoms with E-state index in [-0.39, 0.29) is 22.4 Å². The number of aliphatic hydroxyl groups excluding tert-OH is 1. The lowest BCUT2D eigenvalue weighted by atomic mass is 9.98. The fraction of sp³-hybridized carbons (Fsp3) is 0.500. The highest BCUT2D eigenvalue weighted by Crippen LogP contribution is 2.27. The molecule has 1 saturated heterocycles. The average Bonchev–Trinajstić information content (AvgIpc) is 2.35. The lowest BCUT2D eigenvalue weighted by molar-refractivity contribution is 0.0605. The number of hydrogen-bond acceptors (Lipinski definition) is 4. The summed E-state index contributed by atoms with van der Waals surface area (Å²) in [6, 6.07) is 4.25. The first-order chi connectivity index (χ1) is 8.82. The van der Waals surface area contributed by atoms with Crippen molar-refractivity contribution in [3.05, 3.63) is 23.2 Å². The van der Waals surface area contributed by atoms with Gasteiger partial charge in [-0.25, -0.2) is 8.42 Å². The van der Waals surface area contributed by atoms with Crippen molar-refractivity contribution in [2.45, 2.75) is 24.3 Å². The largest absolute Gasteiger partial charge is 0.398 e. The summed E-state index contributed by atoms with van der Waals surface area (Å²) in [6.07, 6.45) is 0.0103. The molecule has 5 nitrogen and oxygen atoms in total. The minimum Gasteiger partial charge on any atom is -0.398 e. The molecule has 2 atom stereocenters. The second-order valence-corrected chi connectivity index (χ2v) is 7.22. The number of benzene rings is 1. The van der Waals surface area contributed by atoms with Gasteiger partial charge in [0.2, 0.25) is 10.0 Å². The van der Waals surface area contributed by atoms with Crippen LogP contribution in [0.3, 0.4) is 0 Å². The van der Waals surface area contributed by atoms with E-state index in [4.69, 9.17) is 17.3 Å². The molecule has 1 aromatic carbocycles. The average molecular weight is 305 g/mol.